The molecule has 6 nitrogen and oxygen atoms in total. The Labute approximate surface area is 163 Å². The first-order valence-electron chi connectivity index (χ1n) is 9.09. The smallest absolute Gasteiger partial charge is 0.220 e. The lowest BCUT2D eigenvalue weighted by molar-refractivity contribution is -0.121. The van der Waals surface area contributed by atoms with Crippen LogP contribution in [0, 0.1) is 0 Å². The third kappa shape index (κ3) is 8.00. The lowest BCUT2D eigenvalue weighted by atomic mass is 10.0. The van der Waals surface area contributed by atoms with Gasteiger partial charge in [0.2, 0.25) is 5.91 Å². The number of amides is 1. The van der Waals surface area contributed by atoms with Crippen molar-refractivity contribution in [1.82, 2.24) is 20.9 Å². The molecule has 1 amide bonds. The second-order valence-corrected chi connectivity index (χ2v) is 6.99. The van der Waals surface area contributed by atoms with E-state index in [-0.39, 0.29) is 29.9 Å². The Morgan fingerprint density at radius 3 is 2.29 bits per heavy atom. The first-order valence-corrected chi connectivity index (χ1v) is 9.09. The zero-order chi connectivity index (χ0) is 16.7. The molecule has 0 radical (unpaired) electrons. The first-order chi connectivity index (χ1) is 11.1. The number of halogens is 1. The molecule has 0 atom stereocenters. The van der Waals surface area contributed by atoms with Crippen molar-refractivity contribution in [3.05, 3.63) is 0 Å². The lowest BCUT2D eigenvalue weighted by Gasteiger charge is -2.35. The van der Waals surface area contributed by atoms with Gasteiger partial charge in [-0.1, -0.05) is 0 Å². The van der Waals surface area contributed by atoms with Crippen LogP contribution in [0.2, 0.25) is 0 Å². The van der Waals surface area contributed by atoms with Gasteiger partial charge >= 0.3 is 0 Å². The Hall–Kier alpha value is -0.570. The maximum Gasteiger partial charge on any atom is 0.220 e. The molecule has 1 saturated carbocycles. The van der Waals surface area contributed by atoms with Crippen LogP contribution in [0.3, 0.4) is 0 Å². The van der Waals surface area contributed by atoms with Gasteiger partial charge in [-0.25, -0.2) is 0 Å². The summed E-state index contributed by atoms with van der Waals surface area (Å²) < 4.78 is 0. The van der Waals surface area contributed by atoms with Gasteiger partial charge in [0.15, 0.2) is 5.96 Å². The molecule has 1 aliphatic carbocycles. The molecule has 0 spiro atoms. The summed E-state index contributed by atoms with van der Waals surface area (Å²) in [7, 11) is 1.80. The standard InChI is InChI=1S/C17H33N5O.HI/c1-13(2)22-11-8-15(9-12-22)21-17(18-3)19-10-4-5-16(23)20-14-6-7-14;/h13-15H,4-12H2,1-3H3,(H,20,23)(H2,18,19,21);1H. The van der Waals surface area contributed by atoms with Crippen LogP contribution in [0.5, 0.6) is 0 Å². The average molecular weight is 451 g/mol. The van der Waals surface area contributed by atoms with Gasteiger partial charge in [0.05, 0.1) is 0 Å². The second kappa shape index (κ2) is 11.1. The van der Waals surface area contributed by atoms with E-state index in [4.69, 9.17) is 0 Å². The fourth-order valence-electron chi connectivity index (χ4n) is 2.93. The molecule has 0 aromatic rings. The van der Waals surface area contributed by atoms with Crippen molar-refractivity contribution in [3.8, 4) is 0 Å². The molecule has 2 fully saturated rings. The maximum absolute atomic E-state index is 11.6. The van der Waals surface area contributed by atoms with Crippen LogP contribution in [0.4, 0.5) is 0 Å². The number of likely N-dealkylation sites (tertiary alicyclic amines) is 1. The van der Waals surface area contributed by atoms with E-state index in [9.17, 15) is 4.79 Å². The van der Waals surface area contributed by atoms with Crippen molar-refractivity contribution in [3.63, 3.8) is 0 Å². The molecule has 2 rings (SSSR count). The van der Waals surface area contributed by atoms with Gasteiger partial charge in [0.1, 0.15) is 0 Å². The predicted molar refractivity (Wildman–Crippen MR) is 110 cm³/mol. The number of rotatable bonds is 7. The molecule has 0 aromatic heterocycles. The SMILES string of the molecule is CN=C(NCCCC(=O)NC1CC1)NC1CCN(C(C)C)CC1.I. The van der Waals surface area contributed by atoms with Gasteiger partial charge in [-0.05, 0) is 46.0 Å². The van der Waals surface area contributed by atoms with Gasteiger partial charge < -0.3 is 20.9 Å². The fraction of sp³-hybridized carbons (Fsp3) is 0.882. The third-order valence-corrected chi connectivity index (χ3v) is 4.64. The highest BCUT2D eigenvalue weighted by Crippen LogP contribution is 2.18. The van der Waals surface area contributed by atoms with Gasteiger partial charge in [0, 0.05) is 51.2 Å². The summed E-state index contributed by atoms with van der Waals surface area (Å²) in [5.74, 6) is 1.04. The number of hydrogen-bond acceptors (Lipinski definition) is 3. The maximum atomic E-state index is 11.6. The predicted octanol–water partition coefficient (Wildman–Crippen LogP) is 1.70. The molecule has 3 N–H and O–H groups in total. The van der Waals surface area contributed by atoms with Gasteiger partial charge in [-0.2, -0.15) is 0 Å². The van der Waals surface area contributed by atoms with Crippen molar-refractivity contribution in [2.45, 2.75) is 70.5 Å². The zero-order valence-corrected chi connectivity index (χ0v) is 17.6. The van der Waals surface area contributed by atoms with E-state index in [2.05, 4.69) is 39.7 Å². The van der Waals surface area contributed by atoms with E-state index in [0.717, 1.165) is 57.7 Å². The number of nitrogens with zero attached hydrogens (tertiary/aromatic N) is 2. The number of hydrogen-bond donors (Lipinski definition) is 3. The number of nitrogens with one attached hydrogen (secondary N) is 3. The topological polar surface area (TPSA) is 68.8 Å². The number of aliphatic imine (C=N–C) groups is 1. The van der Waals surface area contributed by atoms with E-state index >= 15 is 0 Å². The summed E-state index contributed by atoms with van der Waals surface area (Å²) in [5.41, 5.74) is 0. The van der Waals surface area contributed by atoms with Crippen LogP contribution < -0.4 is 16.0 Å². The molecular formula is C17H34IN5O. The molecule has 1 saturated heterocycles. The van der Waals surface area contributed by atoms with Crippen LogP contribution in [0.25, 0.3) is 0 Å². The van der Waals surface area contributed by atoms with Crippen LogP contribution in [-0.4, -0.2) is 61.6 Å². The highest BCUT2D eigenvalue weighted by atomic mass is 127. The Bertz CT molecular complexity index is 404. The van der Waals surface area contributed by atoms with Gasteiger partial charge in [0.25, 0.3) is 0 Å². The minimum atomic E-state index is 0. The Balaban J connectivity index is 0.00000288. The first kappa shape index (κ1) is 21.5. The van der Waals surface area contributed by atoms with Crippen molar-refractivity contribution in [1.29, 1.82) is 0 Å². The normalized spacial score (nSPS) is 19.8. The monoisotopic (exact) mass is 451 g/mol. The molecule has 2 aliphatic rings. The summed E-state index contributed by atoms with van der Waals surface area (Å²) in [4.78, 5) is 18.4. The molecule has 7 heteroatoms. The minimum absolute atomic E-state index is 0. The number of carbonyl (C=O) groups excluding carboxylic acids is 1. The minimum Gasteiger partial charge on any atom is -0.356 e. The van der Waals surface area contributed by atoms with E-state index < -0.39 is 0 Å². The van der Waals surface area contributed by atoms with Crippen molar-refractivity contribution >= 4 is 35.8 Å². The molecule has 24 heavy (non-hydrogen) atoms. The highest BCUT2D eigenvalue weighted by Gasteiger charge is 2.23. The van der Waals surface area contributed by atoms with E-state index in [1.807, 2.05) is 0 Å². The van der Waals surface area contributed by atoms with Crippen molar-refractivity contribution in [2.75, 3.05) is 26.7 Å². The number of carbonyl (C=O) groups is 1. The Morgan fingerprint density at radius 2 is 1.75 bits per heavy atom. The third-order valence-electron chi connectivity index (χ3n) is 4.64. The summed E-state index contributed by atoms with van der Waals surface area (Å²) in [6.07, 6.45) is 6.04. The Kier molecular flexibility index (Phi) is 9.95. The summed E-state index contributed by atoms with van der Waals surface area (Å²) >= 11 is 0. The molecule has 0 unspecified atom stereocenters. The number of guanidine groups is 1. The van der Waals surface area contributed by atoms with Crippen LogP contribution in [0.15, 0.2) is 4.99 Å². The van der Waals surface area contributed by atoms with Crippen molar-refractivity contribution < 1.29 is 4.79 Å². The molecule has 1 aliphatic heterocycles. The van der Waals surface area contributed by atoms with Crippen LogP contribution in [0.1, 0.15) is 52.4 Å². The van der Waals surface area contributed by atoms with E-state index in [1.165, 1.54) is 0 Å². The lowest BCUT2D eigenvalue weighted by Crippen LogP contribution is -2.50. The summed E-state index contributed by atoms with van der Waals surface area (Å²) in [6.45, 7) is 7.59. The molecule has 1 heterocycles. The average Bonchev–Trinajstić information content (AvgIpc) is 3.34. The summed E-state index contributed by atoms with van der Waals surface area (Å²) in [5, 5.41) is 9.85. The highest BCUT2D eigenvalue weighted by molar-refractivity contribution is 14.0. The fourth-order valence-corrected chi connectivity index (χ4v) is 2.93. The quantitative estimate of drug-likeness (QED) is 0.239. The summed E-state index contributed by atoms with van der Waals surface area (Å²) in [6, 6.07) is 1.59. The van der Waals surface area contributed by atoms with Crippen LogP contribution in [-0.2, 0) is 4.79 Å². The van der Waals surface area contributed by atoms with E-state index in [0.29, 0.717) is 24.5 Å². The second-order valence-electron chi connectivity index (χ2n) is 6.99. The zero-order valence-electron chi connectivity index (χ0n) is 15.3. The largest absolute Gasteiger partial charge is 0.356 e. The Morgan fingerprint density at radius 1 is 1.12 bits per heavy atom. The van der Waals surface area contributed by atoms with E-state index in [1.54, 1.807) is 7.05 Å². The van der Waals surface area contributed by atoms with Gasteiger partial charge in [-0.3, -0.25) is 9.79 Å². The molecule has 0 bridgehead atoms. The number of piperidine rings is 1. The molecule has 140 valence electrons. The molecular weight excluding hydrogens is 417 g/mol. The van der Waals surface area contributed by atoms with Crippen molar-refractivity contribution in [2.24, 2.45) is 4.99 Å². The molecule has 0 aromatic carbocycles. The van der Waals surface area contributed by atoms with Crippen LogP contribution >= 0.6 is 24.0 Å². The van der Waals surface area contributed by atoms with Gasteiger partial charge in [-0.15, -0.1) is 24.0 Å².